The number of rotatable bonds is 3. The van der Waals surface area contributed by atoms with Crippen molar-refractivity contribution in [3.8, 4) is 5.75 Å². The zero-order chi connectivity index (χ0) is 13.8. The summed E-state index contributed by atoms with van der Waals surface area (Å²) in [4.78, 5) is 12.0. The minimum atomic E-state index is -0.381. The van der Waals surface area contributed by atoms with Gasteiger partial charge in [-0.2, -0.15) is 0 Å². The summed E-state index contributed by atoms with van der Waals surface area (Å²) in [7, 11) is 0. The van der Waals surface area contributed by atoms with E-state index in [0.717, 1.165) is 6.42 Å². The van der Waals surface area contributed by atoms with E-state index in [1.807, 2.05) is 24.3 Å². The fourth-order valence-corrected chi connectivity index (χ4v) is 1.77. The molecular weight excluding hydrogens is 240 g/mol. The van der Waals surface area contributed by atoms with Gasteiger partial charge in [0.2, 0.25) is 0 Å². The van der Waals surface area contributed by atoms with E-state index in [9.17, 15) is 9.90 Å². The van der Waals surface area contributed by atoms with Crippen LogP contribution in [0.3, 0.4) is 0 Å². The van der Waals surface area contributed by atoms with Crippen molar-refractivity contribution >= 4 is 17.3 Å². The van der Waals surface area contributed by atoms with Crippen molar-refractivity contribution in [1.82, 2.24) is 0 Å². The molecular formula is C15H16N2O2. The van der Waals surface area contributed by atoms with E-state index in [1.165, 1.54) is 11.6 Å². The molecule has 0 saturated heterocycles. The number of aryl methyl sites for hydroxylation is 1. The summed E-state index contributed by atoms with van der Waals surface area (Å²) < 4.78 is 0. The highest BCUT2D eigenvalue weighted by Gasteiger charge is 2.12. The quantitative estimate of drug-likeness (QED) is 0.584. The molecule has 2 rings (SSSR count). The number of amides is 1. The maximum Gasteiger partial charge on any atom is 0.259 e. The van der Waals surface area contributed by atoms with Crippen molar-refractivity contribution in [2.24, 2.45) is 0 Å². The second-order valence-electron chi connectivity index (χ2n) is 4.25. The fourth-order valence-electron chi connectivity index (χ4n) is 1.77. The smallest absolute Gasteiger partial charge is 0.259 e. The van der Waals surface area contributed by atoms with Crippen molar-refractivity contribution in [3.63, 3.8) is 0 Å². The first-order valence-electron chi connectivity index (χ1n) is 6.09. The number of aromatic hydroxyl groups is 1. The summed E-state index contributed by atoms with van der Waals surface area (Å²) in [6, 6.07) is 12.3. The molecule has 0 fully saturated rings. The Morgan fingerprint density at radius 1 is 1.21 bits per heavy atom. The van der Waals surface area contributed by atoms with E-state index < -0.39 is 0 Å². The van der Waals surface area contributed by atoms with Crippen molar-refractivity contribution in [2.45, 2.75) is 13.3 Å². The molecule has 0 bridgehead atoms. The van der Waals surface area contributed by atoms with Gasteiger partial charge in [0.1, 0.15) is 0 Å². The summed E-state index contributed by atoms with van der Waals surface area (Å²) in [6.45, 7) is 2.07. The van der Waals surface area contributed by atoms with Gasteiger partial charge in [-0.25, -0.2) is 0 Å². The Bertz CT molecular complexity index is 592. The molecule has 0 atom stereocenters. The number of anilines is 2. The second kappa shape index (κ2) is 5.44. The Kier molecular flexibility index (Phi) is 3.71. The summed E-state index contributed by atoms with van der Waals surface area (Å²) in [5.41, 5.74) is 7.80. The van der Waals surface area contributed by atoms with Gasteiger partial charge in [0.15, 0.2) is 5.75 Å². The third-order valence-corrected chi connectivity index (χ3v) is 2.93. The van der Waals surface area contributed by atoms with E-state index in [2.05, 4.69) is 12.2 Å². The van der Waals surface area contributed by atoms with Gasteiger partial charge >= 0.3 is 0 Å². The van der Waals surface area contributed by atoms with Crippen LogP contribution < -0.4 is 11.1 Å². The third-order valence-electron chi connectivity index (χ3n) is 2.93. The lowest BCUT2D eigenvalue weighted by atomic mass is 10.1. The number of nitrogens with one attached hydrogen (secondary N) is 1. The lowest BCUT2D eigenvalue weighted by molar-refractivity contribution is 0.102. The topological polar surface area (TPSA) is 75.4 Å². The third kappa shape index (κ3) is 2.85. The molecule has 1 amide bonds. The molecule has 2 aromatic rings. The molecule has 0 heterocycles. The molecule has 98 valence electrons. The van der Waals surface area contributed by atoms with Crippen molar-refractivity contribution < 1.29 is 9.90 Å². The first kappa shape index (κ1) is 13.0. The summed E-state index contributed by atoms with van der Waals surface area (Å²) in [5, 5.41) is 12.5. The summed E-state index contributed by atoms with van der Waals surface area (Å²) in [5.74, 6) is -0.570. The molecule has 0 aromatic heterocycles. The van der Waals surface area contributed by atoms with Crippen molar-refractivity contribution in [1.29, 1.82) is 0 Å². The van der Waals surface area contributed by atoms with Crippen LogP contribution in [0.4, 0.5) is 11.4 Å². The lowest BCUT2D eigenvalue weighted by Crippen LogP contribution is -2.12. The zero-order valence-electron chi connectivity index (χ0n) is 10.7. The van der Waals surface area contributed by atoms with Crippen molar-refractivity contribution in [3.05, 3.63) is 53.6 Å². The number of phenols is 1. The van der Waals surface area contributed by atoms with Crippen molar-refractivity contribution in [2.75, 3.05) is 11.1 Å². The first-order valence-corrected chi connectivity index (χ1v) is 6.09. The van der Waals surface area contributed by atoms with E-state index >= 15 is 0 Å². The van der Waals surface area contributed by atoms with Gasteiger partial charge in [-0.05, 0) is 36.2 Å². The molecule has 19 heavy (non-hydrogen) atoms. The van der Waals surface area contributed by atoms with Gasteiger partial charge in [-0.15, -0.1) is 0 Å². The number of nitrogens with two attached hydrogens (primary N) is 1. The Morgan fingerprint density at radius 3 is 2.53 bits per heavy atom. The van der Waals surface area contributed by atoms with Crippen LogP contribution in [0.15, 0.2) is 42.5 Å². The summed E-state index contributed by atoms with van der Waals surface area (Å²) >= 11 is 0. The first-order chi connectivity index (χ1) is 9.11. The normalized spacial score (nSPS) is 10.2. The highest BCUT2D eigenvalue weighted by atomic mass is 16.3. The van der Waals surface area contributed by atoms with E-state index in [0.29, 0.717) is 5.69 Å². The highest BCUT2D eigenvalue weighted by molar-refractivity contribution is 6.07. The molecule has 4 heteroatoms. The van der Waals surface area contributed by atoms with Gasteiger partial charge in [0.05, 0.1) is 11.3 Å². The molecule has 0 aliphatic carbocycles. The number of carbonyl (C=O) groups is 1. The van der Waals surface area contributed by atoms with Crippen LogP contribution in [0.5, 0.6) is 5.75 Å². The molecule has 2 aromatic carbocycles. The monoisotopic (exact) mass is 256 g/mol. The second-order valence-corrected chi connectivity index (χ2v) is 4.25. The SMILES string of the molecule is CCc1ccc(NC(=O)c2cccc(N)c2O)cc1. The minimum Gasteiger partial charge on any atom is -0.505 e. The van der Waals surface area contributed by atoms with E-state index in [1.54, 1.807) is 12.1 Å². The molecule has 4 N–H and O–H groups in total. The molecule has 0 aliphatic rings. The average molecular weight is 256 g/mol. The number of phenolic OH excluding ortho intramolecular Hbond substituents is 1. The molecule has 0 spiro atoms. The molecule has 4 nitrogen and oxygen atoms in total. The maximum absolute atomic E-state index is 12.0. The average Bonchev–Trinajstić information content (AvgIpc) is 2.42. The number of benzene rings is 2. The maximum atomic E-state index is 12.0. The van der Waals surface area contributed by atoms with Crippen LogP contribution in [0.2, 0.25) is 0 Å². The van der Waals surface area contributed by atoms with Gasteiger partial charge in [0, 0.05) is 5.69 Å². The Balaban J connectivity index is 2.18. The van der Waals surface area contributed by atoms with E-state index in [4.69, 9.17) is 5.73 Å². The van der Waals surface area contributed by atoms with Gasteiger partial charge < -0.3 is 16.2 Å². The number of hydrogen-bond donors (Lipinski definition) is 3. The van der Waals surface area contributed by atoms with Crippen LogP contribution >= 0.6 is 0 Å². The number of carbonyl (C=O) groups excluding carboxylic acids is 1. The predicted octanol–water partition coefficient (Wildman–Crippen LogP) is 2.79. The highest BCUT2D eigenvalue weighted by Crippen LogP contribution is 2.25. The van der Waals surface area contributed by atoms with Crippen LogP contribution in [0.25, 0.3) is 0 Å². The number of hydrogen-bond acceptors (Lipinski definition) is 3. The number of para-hydroxylation sites is 1. The minimum absolute atomic E-state index is 0.166. The van der Waals surface area contributed by atoms with Crippen LogP contribution in [-0.4, -0.2) is 11.0 Å². The Hall–Kier alpha value is -2.49. The fraction of sp³-hybridized carbons (Fsp3) is 0.133. The Morgan fingerprint density at radius 2 is 1.89 bits per heavy atom. The number of nitrogen functional groups attached to an aromatic ring is 1. The zero-order valence-corrected chi connectivity index (χ0v) is 10.7. The molecule has 0 unspecified atom stereocenters. The van der Waals surface area contributed by atoms with E-state index in [-0.39, 0.29) is 22.9 Å². The van der Waals surface area contributed by atoms with Gasteiger partial charge in [-0.1, -0.05) is 25.1 Å². The van der Waals surface area contributed by atoms with Gasteiger partial charge in [0.25, 0.3) is 5.91 Å². The van der Waals surface area contributed by atoms with Crippen LogP contribution in [0, 0.1) is 0 Å². The molecule has 0 saturated carbocycles. The summed E-state index contributed by atoms with van der Waals surface area (Å²) in [6.07, 6.45) is 0.949. The standard InChI is InChI=1S/C15H16N2O2/c1-2-10-6-8-11(9-7-10)17-15(19)12-4-3-5-13(16)14(12)18/h3-9,18H,2,16H2,1H3,(H,17,19). The van der Waals surface area contributed by atoms with Gasteiger partial charge in [-0.3, -0.25) is 4.79 Å². The molecule has 0 radical (unpaired) electrons. The largest absolute Gasteiger partial charge is 0.505 e. The van der Waals surface area contributed by atoms with Crippen LogP contribution in [0.1, 0.15) is 22.8 Å². The molecule has 0 aliphatic heterocycles. The van der Waals surface area contributed by atoms with Crippen LogP contribution in [-0.2, 0) is 6.42 Å². The lowest BCUT2D eigenvalue weighted by Gasteiger charge is -2.08. The predicted molar refractivity (Wildman–Crippen MR) is 76.3 cm³/mol. The Labute approximate surface area is 111 Å².